The standard InChI is InChI=1S/C12H21ClIN3/c1-3-10-12(13)11(17(4-2)16-10)9-15-8-6-5-7-14/h15H,3-9H2,1-2H3. The first-order valence-electron chi connectivity index (χ1n) is 6.25. The molecule has 0 unspecified atom stereocenters. The maximum atomic E-state index is 6.32. The van der Waals surface area contributed by atoms with Crippen molar-refractivity contribution in [3.05, 3.63) is 16.4 Å². The van der Waals surface area contributed by atoms with Crippen LogP contribution in [0, 0.1) is 0 Å². The Kier molecular flexibility index (Phi) is 7.46. The second-order valence-electron chi connectivity index (χ2n) is 3.95. The summed E-state index contributed by atoms with van der Waals surface area (Å²) in [7, 11) is 0. The lowest BCUT2D eigenvalue weighted by Gasteiger charge is -2.06. The molecule has 0 saturated heterocycles. The number of hydrogen-bond donors (Lipinski definition) is 1. The minimum atomic E-state index is 0.820. The van der Waals surface area contributed by atoms with Gasteiger partial charge in [-0.15, -0.1) is 0 Å². The largest absolute Gasteiger partial charge is 0.311 e. The van der Waals surface area contributed by atoms with Crippen LogP contribution < -0.4 is 5.32 Å². The summed E-state index contributed by atoms with van der Waals surface area (Å²) in [5.74, 6) is 0. The molecule has 5 heteroatoms. The molecule has 0 radical (unpaired) electrons. The number of halogens is 2. The van der Waals surface area contributed by atoms with Gasteiger partial charge in [0.25, 0.3) is 0 Å². The van der Waals surface area contributed by atoms with Crippen LogP contribution in [0.2, 0.25) is 5.02 Å². The molecule has 98 valence electrons. The Morgan fingerprint density at radius 3 is 2.71 bits per heavy atom. The van der Waals surface area contributed by atoms with E-state index >= 15 is 0 Å². The van der Waals surface area contributed by atoms with Gasteiger partial charge in [0, 0.05) is 13.1 Å². The highest BCUT2D eigenvalue weighted by Gasteiger charge is 2.13. The van der Waals surface area contributed by atoms with Crippen molar-refractivity contribution in [3.63, 3.8) is 0 Å². The van der Waals surface area contributed by atoms with Crippen LogP contribution in [0.1, 0.15) is 38.1 Å². The molecular formula is C12H21ClIN3. The lowest BCUT2D eigenvalue weighted by Crippen LogP contribution is -2.18. The smallest absolute Gasteiger partial charge is 0.0863 e. The Balaban J connectivity index is 2.54. The van der Waals surface area contributed by atoms with Crippen LogP contribution in [-0.2, 0) is 19.5 Å². The number of aromatic nitrogens is 2. The third-order valence-electron chi connectivity index (χ3n) is 2.72. The van der Waals surface area contributed by atoms with Gasteiger partial charge in [-0.2, -0.15) is 5.10 Å². The van der Waals surface area contributed by atoms with E-state index in [1.807, 2.05) is 4.68 Å². The van der Waals surface area contributed by atoms with Gasteiger partial charge in [0.2, 0.25) is 0 Å². The van der Waals surface area contributed by atoms with Gasteiger partial charge < -0.3 is 5.32 Å². The van der Waals surface area contributed by atoms with Gasteiger partial charge in [-0.1, -0.05) is 41.1 Å². The maximum absolute atomic E-state index is 6.32. The van der Waals surface area contributed by atoms with E-state index in [2.05, 4.69) is 46.9 Å². The first kappa shape index (κ1) is 15.2. The molecular weight excluding hydrogens is 349 g/mol. The van der Waals surface area contributed by atoms with Crippen molar-refractivity contribution >= 4 is 34.2 Å². The van der Waals surface area contributed by atoms with E-state index < -0.39 is 0 Å². The van der Waals surface area contributed by atoms with Crippen molar-refractivity contribution < 1.29 is 0 Å². The second kappa shape index (κ2) is 8.32. The summed E-state index contributed by atoms with van der Waals surface area (Å²) < 4.78 is 3.24. The second-order valence-corrected chi connectivity index (χ2v) is 5.41. The van der Waals surface area contributed by atoms with Crippen LogP contribution in [0.25, 0.3) is 0 Å². The first-order valence-corrected chi connectivity index (χ1v) is 8.15. The third-order valence-corrected chi connectivity index (χ3v) is 3.92. The summed E-state index contributed by atoms with van der Waals surface area (Å²) >= 11 is 8.74. The normalized spacial score (nSPS) is 11.1. The average molecular weight is 370 g/mol. The molecule has 1 rings (SSSR count). The molecule has 1 heterocycles. The predicted molar refractivity (Wildman–Crippen MR) is 82.1 cm³/mol. The average Bonchev–Trinajstić information content (AvgIpc) is 2.65. The topological polar surface area (TPSA) is 29.9 Å². The molecule has 3 nitrogen and oxygen atoms in total. The molecule has 0 atom stereocenters. The van der Waals surface area contributed by atoms with E-state index in [0.29, 0.717) is 0 Å². The van der Waals surface area contributed by atoms with Crippen molar-refractivity contribution in [3.8, 4) is 0 Å². The van der Waals surface area contributed by atoms with Crippen molar-refractivity contribution in [1.82, 2.24) is 15.1 Å². The van der Waals surface area contributed by atoms with Crippen LogP contribution in [0.4, 0.5) is 0 Å². The van der Waals surface area contributed by atoms with Gasteiger partial charge in [-0.25, -0.2) is 0 Å². The lowest BCUT2D eigenvalue weighted by molar-refractivity contribution is 0.569. The van der Waals surface area contributed by atoms with Crippen LogP contribution in [0.3, 0.4) is 0 Å². The van der Waals surface area contributed by atoms with Gasteiger partial charge >= 0.3 is 0 Å². The highest BCUT2D eigenvalue weighted by atomic mass is 127. The molecule has 0 amide bonds. The number of nitrogens with one attached hydrogen (secondary N) is 1. The third kappa shape index (κ3) is 4.41. The summed E-state index contributed by atoms with van der Waals surface area (Å²) in [5.41, 5.74) is 2.14. The summed E-state index contributed by atoms with van der Waals surface area (Å²) in [5, 5.41) is 8.79. The van der Waals surface area contributed by atoms with Gasteiger partial charge in [0.05, 0.1) is 16.4 Å². The molecule has 0 aliphatic heterocycles. The van der Waals surface area contributed by atoms with Gasteiger partial charge in [0.15, 0.2) is 0 Å². The Morgan fingerprint density at radius 1 is 1.35 bits per heavy atom. The van der Waals surface area contributed by atoms with Crippen molar-refractivity contribution in [1.29, 1.82) is 0 Å². The molecule has 0 bridgehead atoms. The molecule has 0 aromatic carbocycles. The van der Waals surface area contributed by atoms with Crippen LogP contribution in [0.5, 0.6) is 0 Å². The Morgan fingerprint density at radius 2 is 2.12 bits per heavy atom. The van der Waals surface area contributed by atoms with Crippen LogP contribution in [0.15, 0.2) is 0 Å². The quantitative estimate of drug-likeness (QED) is 0.432. The molecule has 1 aromatic rings. The van der Waals surface area contributed by atoms with Crippen molar-refractivity contribution in [2.45, 2.75) is 46.2 Å². The van der Waals surface area contributed by atoms with E-state index in [4.69, 9.17) is 11.6 Å². The van der Waals surface area contributed by atoms with Crippen LogP contribution >= 0.6 is 34.2 Å². The molecule has 17 heavy (non-hydrogen) atoms. The number of unbranched alkanes of at least 4 members (excludes halogenated alkanes) is 1. The van der Waals surface area contributed by atoms with Crippen LogP contribution in [-0.4, -0.2) is 20.8 Å². The zero-order valence-electron chi connectivity index (χ0n) is 10.6. The fourth-order valence-corrected chi connectivity index (χ4v) is 2.61. The number of rotatable bonds is 8. The van der Waals surface area contributed by atoms with Gasteiger partial charge in [-0.3, -0.25) is 4.68 Å². The summed E-state index contributed by atoms with van der Waals surface area (Å²) in [6.45, 7) is 6.94. The van der Waals surface area contributed by atoms with E-state index in [-0.39, 0.29) is 0 Å². The lowest BCUT2D eigenvalue weighted by atomic mass is 10.3. The molecule has 1 N–H and O–H groups in total. The molecule has 0 saturated carbocycles. The van der Waals surface area contributed by atoms with E-state index in [1.165, 1.54) is 17.3 Å². The summed E-state index contributed by atoms with van der Waals surface area (Å²) in [6.07, 6.45) is 3.39. The zero-order chi connectivity index (χ0) is 12.7. The summed E-state index contributed by atoms with van der Waals surface area (Å²) in [6, 6.07) is 0. The number of aryl methyl sites for hydroxylation is 2. The van der Waals surface area contributed by atoms with Crippen molar-refractivity contribution in [2.75, 3.05) is 11.0 Å². The minimum Gasteiger partial charge on any atom is -0.311 e. The van der Waals surface area contributed by atoms with E-state index in [1.54, 1.807) is 0 Å². The highest BCUT2D eigenvalue weighted by molar-refractivity contribution is 14.1. The number of hydrogen-bond acceptors (Lipinski definition) is 2. The Hall–Kier alpha value is 0.190. The maximum Gasteiger partial charge on any atom is 0.0863 e. The Labute approximate surface area is 122 Å². The molecule has 0 fully saturated rings. The number of nitrogens with zero attached hydrogens (tertiary/aromatic N) is 2. The number of alkyl halides is 1. The SMILES string of the molecule is CCc1nn(CC)c(CNCCCCI)c1Cl. The summed E-state index contributed by atoms with van der Waals surface area (Å²) in [4.78, 5) is 0. The van der Waals surface area contributed by atoms with Crippen molar-refractivity contribution in [2.24, 2.45) is 0 Å². The fraction of sp³-hybridized carbons (Fsp3) is 0.750. The van der Waals surface area contributed by atoms with E-state index in [0.717, 1.165) is 42.5 Å². The monoisotopic (exact) mass is 369 g/mol. The first-order chi connectivity index (χ1) is 8.24. The van der Waals surface area contributed by atoms with Gasteiger partial charge in [-0.05, 0) is 37.2 Å². The molecule has 1 aromatic heterocycles. The highest BCUT2D eigenvalue weighted by Crippen LogP contribution is 2.21. The molecule has 0 aliphatic rings. The van der Waals surface area contributed by atoms with E-state index in [9.17, 15) is 0 Å². The molecule has 0 aliphatic carbocycles. The Bertz CT molecular complexity index is 339. The fourth-order valence-electron chi connectivity index (χ4n) is 1.74. The minimum absolute atomic E-state index is 0.820. The van der Waals surface area contributed by atoms with Gasteiger partial charge in [0.1, 0.15) is 0 Å². The molecule has 0 spiro atoms. The zero-order valence-corrected chi connectivity index (χ0v) is 13.5. The predicted octanol–water partition coefficient (Wildman–Crippen LogP) is 3.42.